The van der Waals surface area contributed by atoms with E-state index in [4.69, 9.17) is 0 Å². The SMILES string of the molecule is C=C/C=C\C(=C)C(CC)C(C)C(C)CC. The average molecular weight is 206 g/mol. The predicted molar refractivity (Wildman–Crippen MR) is 70.9 cm³/mol. The Morgan fingerprint density at radius 3 is 2.20 bits per heavy atom. The fourth-order valence-corrected chi connectivity index (χ4v) is 2.06. The van der Waals surface area contributed by atoms with Gasteiger partial charge in [0.15, 0.2) is 0 Å². The summed E-state index contributed by atoms with van der Waals surface area (Å²) in [6.45, 7) is 17.0. The Balaban J connectivity index is 4.53. The highest BCUT2D eigenvalue weighted by atomic mass is 14.3. The van der Waals surface area contributed by atoms with Gasteiger partial charge in [-0.25, -0.2) is 0 Å². The second-order valence-corrected chi connectivity index (χ2v) is 4.43. The molecule has 0 aliphatic carbocycles. The minimum Gasteiger partial charge on any atom is -0.0991 e. The molecule has 0 aliphatic rings. The molecule has 0 heterocycles. The Hall–Kier alpha value is -0.780. The van der Waals surface area contributed by atoms with Crippen molar-refractivity contribution in [1.82, 2.24) is 0 Å². The third-order valence-electron chi connectivity index (χ3n) is 3.54. The van der Waals surface area contributed by atoms with Gasteiger partial charge in [-0.05, 0) is 24.2 Å². The number of rotatable bonds is 7. The minimum atomic E-state index is 0.608. The summed E-state index contributed by atoms with van der Waals surface area (Å²) in [4.78, 5) is 0. The molecule has 0 bridgehead atoms. The topological polar surface area (TPSA) is 0 Å². The van der Waals surface area contributed by atoms with Crippen molar-refractivity contribution in [2.45, 2.75) is 40.5 Å². The van der Waals surface area contributed by atoms with Crippen molar-refractivity contribution in [3.8, 4) is 0 Å². The summed E-state index contributed by atoms with van der Waals surface area (Å²) in [5.74, 6) is 2.09. The van der Waals surface area contributed by atoms with Gasteiger partial charge < -0.3 is 0 Å². The highest BCUT2D eigenvalue weighted by Crippen LogP contribution is 2.31. The van der Waals surface area contributed by atoms with Crippen LogP contribution in [0.1, 0.15) is 40.5 Å². The van der Waals surface area contributed by atoms with Crippen molar-refractivity contribution in [2.75, 3.05) is 0 Å². The van der Waals surface area contributed by atoms with Crippen LogP contribution in [0.2, 0.25) is 0 Å². The van der Waals surface area contributed by atoms with E-state index >= 15 is 0 Å². The van der Waals surface area contributed by atoms with Crippen molar-refractivity contribution < 1.29 is 0 Å². The zero-order chi connectivity index (χ0) is 11.8. The first-order valence-corrected chi connectivity index (χ1v) is 6.06. The van der Waals surface area contributed by atoms with Gasteiger partial charge in [-0.1, -0.05) is 71.1 Å². The van der Waals surface area contributed by atoms with Crippen molar-refractivity contribution in [3.63, 3.8) is 0 Å². The zero-order valence-corrected chi connectivity index (χ0v) is 10.8. The fourth-order valence-electron chi connectivity index (χ4n) is 2.06. The van der Waals surface area contributed by atoms with Crippen LogP contribution in [-0.2, 0) is 0 Å². The molecule has 3 atom stereocenters. The lowest BCUT2D eigenvalue weighted by Crippen LogP contribution is -2.19. The molecule has 0 heteroatoms. The smallest absolute Gasteiger partial charge is 0.0142 e. The van der Waals surface area contributed by atoms with Gasteiger partial charge in [-0.2, -0.15) is 0 Å². The van der Waals surface area contributed by atoms with Crippen molar-refractivity contribution in [1.29, 1.82) is 0 Å². The first-order chi connectivity index (χ1) is 7.08. The molecule has 0 fully saturated rings. The molecular weight excluding hydrogens is 180 g/mol. The Morgan fingerprint density at radius 1 is 1.20 bits per heavy atom. The van der Waals surface area contributed by atoms with Crippen LogP contribution in [0.5, 0.6) is 0 Å². The van der Waals surface area contributed by atoms with E-state index in [1.807, 2.05) is 12.2 Å². The largest absolute Gasteiger partial charge is 0.0991 e. The molecule has 0 saturated carbocycles. The van der Waals surface area contributed by atoms with Crippen LogP contribution >= 0.6 is 0 Å². The van der Waals surface area contributed by atoms with Crippen LogP contribution in [0.4, 0.5) is 0 Å². The maximum atomic E-state index is 4.17. The molecular formula is C15H26. The van der Waals surface area contributed by atoms with Crippen molar-refractivity contribution in [3.05, 3.63) is 37.0 Å². The van der Waals surface area contributed by atoms with Gasteiger partial charge in [0.1, 0.15) is 0 Å². The number of allylic oxidation sites excluding steroid dienone is 4. The lowest BCUT2D eigenvalue weighted by Gasteiger charge is -2.28. The number of hydrogen-bond donors (Lipinski definition) is 0. The second kappa shape index (κ2) is 7.50. The van der Waals surface area contributed by atoms with E-state index in [1.165, 1.54) is 18.4 Å². The molecule has 0 aromatic rings. The summed E-state index contributed by atoms with van der Waals surface area (Å²) >= 11 is 0. The maximum Gasteiger partial charge on any atom is -0.0142 e. The van der Waals surface area contributed by atoms with Crippen LogP contribution in [0.15, 0.2) is 37.0 Å². The van der Waals surface area contributed by atoms with Crippen LogP contribution in [0.3, 0.4) is 0 Å². The van der Waals surface area contributed by atoms with Crippen molar-refractivity contribution in [2.24, 2.45) is 17.8 Å². The molecule has 0 amide bonds. The van der Waals surface area contributed by atoms with E-state index in [1.54, 1.807) is 0 Å². The van der Waals surface area contributed by atoms with Gasteiger partial charge in [0, 0.05) is 0 Å². The number of hydrogen-bond acceptors (Lipinski definition) is 0. The molecule has 3 unspecified atom stereocenters. The van der Waals surface area contributed by atoms with E-state index in [2.05, 4.69) is 46.9 Å². The zero-order valence-electron chi connectivity index (χ0n) is 10.8. The Morgan fingerprint density at radius 2 is 1.80 bits per heavy atom. The molecule has 0 rings (SSSR count). The minimum absolute atomic E-state index is 0.608. The molecule has 0 N–H and O–H groups in total. The molecule has 0 aromatic heterocycles. The van der Waals surface area contributed by atoms with Gasteiger partial charge in [0.05, 0.1) is 0 Å². The van der Waals surface area contributed by atoms with E-state index in [0.29, 0.717) is 11.8 Å². The summed E-state index contributed by atoms with van der Waals surface area (Å²) in [7, 11) is 0. The molecule has 0 spiro atoms. The summed E-state index contributed by atoms with van der Waals surface area (Å²) < 4.78 is 0. The quantitative estimate of drug-likeness (QED) is 0.515. The van der Waals surface area contributed by atoms with E-state index in [-0.39, 0.29) is 0 Å². The molecule has 86 valence electrons. The molecule has 0 aliphatic heterocycles. The Bertz CT molecular complexity index is 222. The normalized spacial score (nSPS) is 17.3. The van der Waals surface area contributed by atoms with Crippen LogP contribution in [-0.4, -0.2) is 0 Å². The van der Waals surface area contributed by atoms with Crippen LogP contribution in [0, 0.1) is 17.8 Å². The second-order valence-electron chi connectivity index (χ2n) is 4.43. The molecule has 0 saturated heterocycles. The first kappa shape index (κ1) is 14.2. The third kappa shape index (κ3) is 4.51. The third-order valence-corrected chi connectivity index (χ3v) is 3.54. The first-order valence-electron chi connectivity index (χ1n) is 6.06. The van der Waals surface area contributed by atoms with Crippen LogP contribution < -0.4 is 0 Å². The fraction of sp³-hybridized carbons (Fsp3) is 0.600. The lowest BCUT2D eigenvalue weighted by molar-refractivity contribution is 0.284. The Kier molecular flexibility index (Phi) is 7.11. The summed E-state index contributed by atoms with van der Waals surface area (Å²) in [6, 6.07) is 0. The Labute approximate surface area is 95.8 Å². The summed E-state index contributed by atoms with van der Waals surface area (Å²) in [5, 5.41) is 0. The summed E-state index contributed by atoms with van der Waals surface area (Å²) in [5.41, 5.74) is 1.24. The predicted octanol–water partition coefficient (Wildman–Crippen LogP) is 4.99. The molecule has 0 aromatic carbocycles. The van der Waals surface area contributed by atoms with E-state index < -0.39 is 0 Å². The lowest BCUT2D eigenvalue weighted by atomic mass is 9.77. The van der Waals surface area contributed by atoms with Gasteiger partial charge in [0.25, 0.3) is 0 Å². The summed E-state index contributed by atoms with van der Waals surface area (Å²) in [6.07, 6.45) is 8.31. The highest BCUT2D eigenvalue weighted by Gasteiger charge is 2.21. The monoisotopic (exact) mass is 206 g/mol. The standard InChI is InChI=1S/C15H26/c1-7-10-11-13(5)15(9-3)14(6)12(4)8-2/h7,10-12,14-15H,1,5,8-9H2,2-4,6H3/b11-10-. The highest BCUT2D eigenvalue weighted by molar-refractivity contribution is 5.21. The van der Waals surface area contributed by atoms with E-state index in [9.17, 15) is 0 Å². The van der Waals surface area contributed by atoms with Crippen molar-refractivity contribution >= 4 is 0 Å². The average Bonchev–Trinajstić information content (AvgIpc) is 2.25. The molecule has 0 nitrogen and oxygen atoms in total. The van der Waals surface area contributed by atoms with Gasteiger partial charge in [-0.15, -0.1) is 0 Å². The van der Waals surface area contributed by atoms with Gasteiger partial charge >= 0.3 is 0 Å². The maximum absolute atomic E-state index is 4.17. The van der Waals surface area contributed by atoms with Crippen LogP contribution in [0.25, 0.3) is 0 Å². The molecule has 0 radical (unpaired) electrons. The van der Waals surface area contributed by atoms with Gasteiger partial charge in [-0.3, -0.25) is 0 Å². The van der Waals surface area contributed by atoms with E-state index in [0.717, 1.165) is 5.92 Å². The van der Waals surface area contributed by atoms with Gasteiger partial charge in [0.2, 0.25) is 0 Å². The molecule has 15 heavy (non-hydrogen) atoms.